The van der Waals surface area contributed by atoms with Crippen LogP contribution in [0.1, 0.15) is 95.8 Å². The minimum absolute atomic E-state index is 0.0294. The Morgan fingerprint density at radius 2 is 1.85 bits per heavy atom. The molecule has 0 N–H and O–H groups in total. The van der Waals surface area contributed by atoms with Crippen LogP contribution in [0.2, 0.25) is 0 Å². The number of ether oxygens (including phenoxy) is 3. The van der Waals surface area contributed by atoms with Crippen molar-refractivity contribution in [2.24, 2.45) is 40.4 Å². The lowest BCUT2D eigenvalue weighted by Crippen LogP contribution is -2.59. The van der Waals surface area contributed by atoms with Crippen LogP contribution in [0.25, 0.3) is 0 Å². The van der Waals surface area contributed by atoms with E-state index in [2.05, 4.69) is 49.4 Å². The van der Waals surface area contributed by atoms with Crippen molar-refractivity contribution in [1.82, 2.24) is 0 Å². The predicted molar refractivity (Wildman–Crippen MR) is 165 cm³/mol. The van der Waals surface area contributed by atoms with E-state index in [1.807, 2.05) is 24.3 Å². The Hall–Kier alpha value is -1.90. The number of carbonyl (C=O) groups excluding carboxylic acids is 3. The first-order chi connectivity index (χ1) is 19.5. The number of hydrogen-bond acceptors (Lipinski definition) is 6. The zero-order chi connectivity index (χ0) is 29.5. The van der Waals surface area contributed by atoms with Gasteiger partial charge >= 0.3 is 17.9 Å². The molecule has 0 unspecified atom stereocenters. The van der Waals surface area contributed by atoms with Gasteiger partial charge in [-0.1, -0.05) is 38.5 Å². The maximum atomic E-state index is 13.6. The van der Waals surface area contributed by atoms with E-state index in [0.717, 1.165) is 54.9 Å². The fourth-order valence-electron chi connectivity index (χ4n) is 9.41. The highest BCUT2D eigenvalue weighted by atomic mass is 127. The summed E-state index contributed by atoms with van der Waals surface area (Å²) in [7, 11) is 1.45. The fraction of sp³-hybridized carbons (Fsp3) is 0.676. The Kier molecular flexibility index (Phi) is 8.94. The third-order valence-corrected chi connectivity index (χ3v) is 12.1. The van der Waals surface area contributed by atoms with Gasteiger partial charge in [-0.05, 0) is 127 Å². The summed E-state index contributed by atoms with van der Waals surface area (Å²) in [5, 5.41) is 0. The van der Waals surface area contributed by atoms with Crippen molar-refractivity contribution in [2.75, 3.05) is 7.11 Å². The monoisotopic (exact) mass is 676 g/mol. The van der Waals surface area contributed by atoms with Crippen LogP contribution in [0, 0.1) is 44.0 Å². The number of rotatable bonds is 7. The Morgan fingerprint density at radius 3 is 2.56 bits per heavy atom. The van der Waals surface area contributed by atoms with Crippen LogP contribution in [0.3, 0.4) is 0 Å². The molecule has 0 saturated heterocycles. The summed E-state index contributed by atoms with van der Waals surface area (Å²) in [6.45, 7) is 8.63. The zero-order valence-electron chi connectivity index (χ0n) is 25.1. The van der Waals surface area contributed by atoms with Gasteiger partial charge in [0.1, 0.15) is 12.2 Å². The molecule has 1 aromatic rings. The van der Waals surface area contributed by atoms with Crippen LogP contribution in [-0.4, -0.2) is 37.2 Å². The molecular formula is C34H45IO6. The van der Waals surface area contributed by atoms with Crippen molar-refractivity contribution in [3.8, 4) is 0 Å². The van der Waals surface area contributed by atoms with Crippen molar-refractivity contribution in [2.45, 2.75) is 97.7 Å². The quantitative estimate of drug-likeness (QED) is 0.129. The van der Waals surface area contributed by atoms with Gasteiger partial charge in [-0.25, -0.2) is 4.79 Å². The number of halogens is 1. The molecule has 1 aromatic carbocycles. The molecule has 6 nitrogen and oxygen atoms in total. The second kappa shape index (κ2) is 12.0. The third kappa shape index (κ3) is 5.85. The van der Waals surface area contributed by atoms with E-state index < -0.39 is 0 Å². The number of methoxy groups -OCH3 is 1. The maximum absolute atomic E-state index is 13.6. The van der Waals surface area contributed by atoms with E-state index >= 15 is 0 Å². The van der Waals surface area contributed by atoms with E-state index in [4.69, 9.17) is 14.2 Å². The lowest BCUT2D eigenvalue weighted by Gasteiger charge is -2.62. The molecule has 3 fully saturated rings. The molecule has 7 heteroatoms. The predicted octanol–water partition coefficient (Wildman–Crippen LogP) is 7.53. The SMILES string of the molecule is COC(=O)CC[C@@H](C)C1=CC[C@H]2[C@@H]3[C@H](OC(=O)c4cccc(I)c4)C[C@@H]4C[C@H](OC(C)=O)CC[C@]4(C)[C@H]3CC[C@]12C. The van der Waals surface area contributed by atoms with Crippen LogP contribution in [0.5, 0.6) is 0 Å². The lowest BCUT2D eigenvalue weighted by molar-refractivity contribution is -0.177. The highest BCUT2D eigenvalue weighted by molar-refractivity contribution is 14.1. The van der Waals surface area contributed by atoms with Gasteiger partial charge in [0.2, 0.25) is 0 Å². The number of allylic oxidation sites excluding steroid dienone is 2. The van der Waals surface area contributed by atoms with Crippen molar-refractivity contribution in [3.63, 3.8) is 0 Å². The van der Waals surface area contributed by atoms with Gasteiger partial charge in [0.25, 0.3) is 0 Å². The van der Waals surface area contributed by atoms with Crippen LogP contribution < -0.4 is 0 Å². The normalized spacial score (nSPS) is 36.6. The second-order valence-corrected chi connectivity index (χ2v) is 14.8. The molecule has 0 spiro atoms. The molecule has 0 aliphatic heterocycles. The average Bonchev–Trinajstić information content (AvgIpc) is 3.29. The van der Waals surface area contributed by atoms with Gasteiger partial charge in [-0.2, -0.15) is 0 Å². The molecule has 0 amide bonds. The average molecular weight is 677 g/mol. The molecule has 3 saturated carbocycles. The summed E-state index contributed by atoms with van der Waals surface area (Å²) >= 11 is 2.24. The van der Waals surface area contributed by atoms with E-state index in [1.54, 1.807) is 0 Å². The van der Waals surface area contributed by atoms with Crippen molar-refractivity contribution < 1.29 is 28.6 Å². The molecule has 4 aliphatic carbocycles. The first-order valence-corrected chi connectivity index (χ1v) is 16.4. The van der Waals surface area contributed by atoms with E-state index in [1.165, 1.54) is 19.6 Å². The van der Waals surface area contributed by atoms with Gasteiger partial charge in [0.05, 0.1) is 12.7 Å². The molecule has 0 bridgehead atoms. The van der Waals surface area contributed by atoms with Gasteiger partial charge in [-0.15, -0.1) is 0 Å². The number of fused-ring (bicyclic) bond motifs is 5. The van der Waals surface area contributed by atoms with Crippen LogP contribution in [0.4, 0.5) is 0 Å². The van der Waals surface area contributed by atoms with Gasteiger partial charge in [-0.3, -0.25) is 9.59 Å². The minimum Gasteiger partial charge on any atom is -0.469 e. The molecule has 224 valence electrons. The molecule has 9 atom stereocenters. The molecule has 0 heterocycles. The Bertz CT molecular complexity index is 1210. The standard InChI is InChI=1S/C34H45IO6/c1-20(9-12-30(37)39-5)26-10-11-27-31-28(14-16-34(26,27)4)33(3)15-13-25(40-21(2)36)18-23(33)19-29(31)41-32(38)22-7-6-8-24(35)17-22/h6-8,10,17,20,23,25,27-29,31H,9,11-16,18-19H2,1-5H3/t20-,23+,25-,27+,28+,29-,31+,33+,34-/m1/s1. The topological polar surface area (TPSA) is 78.9 Å². The first-order valence-electron chi connectivity index (χ1n) is 15.4. The van der Waals surface area contributed by atoms with Crippen LogP contribution >= 0.6 is 22.6 Å². The van der Waals surface area contributed by atoms with Gasteiger partial charge in [0.15, 0.2) is 0 Å². The summed E-state index contributed by atoms with van der Waals surface area (Å²) in [4.78, 5) is 37.3. The van der Waals surface area contributed by atoms with E-state index in [0.29, 0.717) is 35.7 Å². The van der Waals surface area contributed by atoms with Crippen molar-refractivity contribution >= 4 is 40.5 Å². The van der Waals surface area contributed by atoms with Crippen molar-refractivity contribution in [1.29, 1.82) is 0 Å². The second-order valence-electron chi connectivity index (χ2n) is 13.6. The van der Waals surface area contributed by atoms with Crippen LogP contribution in [-0.2, 0) is 23.8 Å². The van der Waals surface area contributed by atoms with E-state index in [9.17, 15) is 14.4 Å². The number of carbonyl (C=O) groups is 3. The number of benzene rings is 1. The molecule has 0 aromatic heterocycles. The molecule has 41 heavy (non-hydrogen) atoms. The Morgan fingerprint density at radius 1 is 1.07 bits per heavy atom. The summed E-state index contributed by atoms with van der Waals surface area (Å²) in [5.74, 6) is 1.15. The van der Waals surface area contributed by atoms with E-state index in [-0.39, 0.29) is 46.9 Å². The smallest absolute Gasteiger partial charge is 0.338 e. The number of hydrogen-bond donors (Lipinski definition) is 0. The minimum atomic E-state index is -0.242. The maximum Gasteiger partial charge on any atom is 0.338 e. The summed E-state index contributed by atoms with van der Waals surface area (Å²) in [6, 6.07) is 7.63. The Labute approximate surface area is 258 Å². The molecule has 0 radical (unpaired) electrons. The largest absolute Gasteiger partial charge is 0.469 e. The van der Waals surface area contributed by atoms with Crippen molar-refractivity contribution in [3.05, 3.63) is 45.0 Å². The first kappa shape index (κ1) is 30.6. The van der Waals surface area contributed by atoms with Gasteiger partial charge < -0.3 is 14.2 Å². The molecule has 5 rings (SSSR count). The summed E-state index contributed by atoms with van der Waals surface area (Å²) in [5.41, 5.74) is 2.23. The number of esters is 3. The zero-order valence-corrected chi connectivity index (χ0v) is 27.3. The highest BCUT2D eigenvalue weighted by Crippen LogP contribution is 2.67. The summed E-state index contributed by atoms with van der Waals surface area (Å²) in [6.07, 6.45) is 10.2. The molecule has 4 aliphatic rings. The highest BCUT2D eigenvalue weighted by Gasteiger charge is 2.62. The Balaban J connectivity index is 1.44. The van der Waals surface area contributed by atoms with Gasteiger partial charge in [0, 0.05) is 22.8 Å². The fourth-order valence-corrected chi connectivity index (χ4v) is 9.95. The lowest BCUT2D eigenvalue weighted by atomic mass is 9.43. The molecular weight excluding hydrogens is 631 g/mol. The summed E-state index contributed by atoms with van der Waals surface area (Å²) < 4.78 is 18.2. The van der Waals surface area contributed by atoms with Crippen LogP contribution in [0.15, 0.2) is 35.9 Å². The third-order valence-electron chi connectivity index (χ3n) is 11.4.